The molecule has 88 valence electrons. The quantitative estimate of drug-likeness (QED) is 0.742. The van der Waals surface area contributed by atoms with Gasteiger partial charge in [0, 0.05) is 12.5 Å². The molecule has 1 fully saturated rings. The second kappa shape index (κ2) is 3.68. The van der Waals surface area contributed by atoms with Gasteiger partial charge in [0.1, 0.15) is 6.10 Å². The maximum atomic E-state index is 11.1. The van der Waals surface area contributed by atoms with Gasteiger partial charge in [0.25, 0.3) is 0 Å². The molecule has 4 nitrogen and oxygen atoms in total. The number of ether oxygens (including phenoxy) is 2. The van der Waals surface area contributed by atoms with Crippen LogP contribution in [0.4, 0.5) is 0 Å². The minimum Gasteiger partial charge on any atom is -0.426 e. The predicted octanol–water partition coefficient (Wildman–Crippen LogP) is 1.32. The highest BCUT2D eigenvalue weighted by atomic mass is 16.7. The normalized spacial score (nSPS) is 35.5. The lowest BCUT2D eigenvalue weighted by molar-refractivity contribution is -0.192. The number of carbonyl (C=O) groups is 1. The molecule has 1 N–H and O–H groups in total. The van der Waals surface area contributed by atoms with Crippen LogP contribution >= 0.6 is 0 Å². The van der Waals surface area contributed by atoms with Gasteiger partial charge in [0.2, 0.25) is 5.79 Å². The second-order valence-electron chi connectivity index (χ2n) is 4.29. The molecule has 2 aliphatic heterocycles. The van der Waals surface area contributed by atoms with E-state index in [1.165, 1.54) is 6.08 Å². The third-order valence-corrected chi connectivity index (χ3v) is 3.04. The average molecular weight is 232 g/mol. The summed E-state index contributed by atoms with van der Waals surface area (Å²) in [6.45, 7) is 0. The van der Waals surface area contributed by atoms with E-state index in [9.17, 15) is 9.90 Å². The SMILES string of the molecule is O=C1C=C[C@]2(C[C@H](O)[C@@H](c3ccccc3)O2)O1. The van der Waals surface area contributed by atoms with E-state index in [4.69, 9.17) is 9.47 Å². The molecule has 3 atom stereocenters. The van der Waals surface area contributed by atoms with Crippen molar-refractivity contribution >= 4 is 5.97 Å². The molecular weight excluding hydrogens is 220 g/mol. The van der Waals surface area contributed by atoms with Crippen LogP contribution in [0.5, 0.6) is 0 Å². The molecule has 3 rings (SSSR count). The molecular formula is C13H12O4. The second-order valence-corrected chi connectivity index (χ2v) is 4.29. The molecule has 2 aliphatic rings. The third-order valence-electron chi connectivity index (χ3n) is 3.04. The Kier molecular flexibility index (Phi) is 2.28. The zero-order chi connectivity index (χ0) is 11.9. The van der Waals surface area contributed by atoms with Gasteiger partial charge in [-0.1, -0.05) is 30.3 Å². The van der Waals surface area contributed by atoms with Crippen LogP contribution in [0.25, 0.3) is 0 Å². The highest BCUT2D eigenvalue weighted by molar-refractivity contribution is 5.85. The molecule has 0 amide bonds. The first kappa shape index (κ1) is 10.5. The molecule has 1 saturated heterocycles. The van der Waals surface area contributed by atoms with E-state index in [1.54, 1.807) is 6.08 Å². The first-order chi connectivity index (χ1) is 8.19. The summed E-state index contributed by atoms with van der Waals surface area (Å²) in [5.74, 6) is -1.50. The number of benzene rings is 1. The van der Waals surface area contributed by atoms with Crippen LogP contribution in [-0.4, -0.2) is 23.0 Å². The van der Waals surface area contributed by atoms with Gasteiger partial charge in [0.15, 0.2) is 0 Å². The summed E-state index contributed by atoms with van der Waals surface area (Å²) in [6.07, 6.45) is 2.05. The van der Waals surface area contributed by atoms with E-state index in [-0.39, 0.29) is 6.42 Å². The number of aliphatic hydroxyl groups is 1. The fourth-order valence-corrected chi connectivity index (χ4v) is 2.28. The van der Waals surface area contributed by atoms with Gasteiger partial charge in [-0.15, -0.1) is 0 Å². The molecule has 1 spiro atoms. The van der Waals surface area contributed by atoms with E-state index >= 15 is 0 Å². The molecule has 0 radical (unpaired) electrons. The first-order valence-electron chi connectivity index (χ1n) is 5.52. The summed E-state index contributed by atoms with van der Waals surface area (Å²) < 4.78 is 10.8. The van der Waals surface area contributed by atoms with Crippen molar-refractivity contribution in [2.45, 2.75) is 24.4 Å². The lowest BCUT2D eigenvalue weighted by atomic mass is 10.0. The zero-order valence-electron chi connectivity index (χ0n) is 9.08. The Labute approximate surface area is 98.5 Å². The molecule has 1 aromatic carbocycles. The van der Waals surface area contributed by atoms with Crippen molar-refractivity contribution in [3.8, 4) is 0 Å². The highest BCUT2D eigenvalue weighted by Crippen LogP contribution is 2.43. The van der Waals surface area contributed by atoms with Crippen LogP contribution in [0.1, 0.15) is 18.1 Å². The standard InChI is InChI=1S/C13H12O4/c14-10-8-13(7-6-11(15)16-13)17-12(10)9-4-2-1-3-5-9/h1-7,10,12,14H,8H2/t10-,12+,13-/m0/s1. The van der Waals surface area contributed by atoms with Crippen LogP contribution in [0, 0.1) is 0 Å². The number of esters is 1. The fraction of sp³-hybridized carbons (Fsp3) is 0.308. The van der Waals surface area contributed by atoms with Crippen molar-refractivity contribution in [3.05, 3.63) is 48.0 Å². The zero-order valence-corrected chi connectivity index (χ0v) is 9.08. The maximum Gasteiger partial charge on any atom is 0.333 e. The molecule has 2 heterocycles. The van der Waals surface area contributed by atoms with Crippen molar-refractivity contribution in [3.63, 3.8) is 0 Å². The molecule has 1 aromatic rings. The van der Waals surface area contributed by atoms with Gasteiger partial charge in [-0.3, -0.25) is 0 Å². The average Bonchev–Trinajstić information content (AvgIpc) is 2.84. The van der Waals surface area contributed by atoms with Gasteiger partial charge in [-0.05, 0) is 11.6 Å². The number of hydrogen-bond donors (Lipinski definition) is 1. The van der Waals surface area contributed by atoms with Crippen LogP contribution in [0.15, 0.2) is 42.5 Å². The number of carbonyl (C=O) groups excluding carboxylic acids is 1. The predicted molar refractivity (Wildman–Crippen MR) is 58.9 cm³/mol. The van der Waals surface area contributed by atoms with Gasteiger partial charge in [0.05, 0.1) is 6.10 Å². The molecule has 17 heavy (non-hydrogen) atoms. The van der Waals surface area contributed by atoms with Crippen molar-refractivity contribution in [1.29, 1.82) is 0 Å². The Hall–Kier alpha value is -1.65. The van der Waals surface area contributed by atoms with Crippen LogP contribution in [0.2, 0.25) is 0 Å². The van der Waals surface area contributed by atoms with E-state index in [2.05, 4.69) is 0 Å². The maximum absolute atomic E-state index is 11.1. The molecule has 0 aromatic heterocycles. The van der Waals surface area contributed by atoms with Gasteiger partial charge >= 0.3 is 5.97 Å². The minimum absolute atomic E-state index is 0.273. The lowest BCUT2D eigenvalue weighted by Gasteiger charge is -2.20. The van der Waals surface area contributed by atoms with Crippen molar-refractivity contribution in [2.75, 3.05) is 0 Å². The fourth-order valence-electron chi connectivity index (χ4n) is 2.28. The van der Waals surface area contributed by atoms with Gasteiger partial charge in [-0.2, -0.15) is 0 Å². The third kappa shape index (κ3) is 1.75. The summed E-state index contributed by atoms with van der Waals surface area (Å²) in [5, 5.41) is 10.0. The van der Waals surface area contributed by atoms with Crippen LogP contribution in [0.3, 0.4) is 0 Å². The van der Waals surface area contributed by atoms with Crippen molar-refractivity contribution in [2.24, 2.45) is 0 Å². The van der Waals surface area contributed by atoms with E-state index in [1.807, 2.05) is 30.3 Å². The van der Waals surface area contributed by atoms with Crippen molar-refractivity contribution < 1.29 is 19.4 Å². The number of aliphatic hydroxyl groups excluding tert-OH is 1. The van der Waals surface area contributed by atoms with E-state index in [0.29, 0.717) is 0 Å². The summed E-state index contributed by atoms with van der Waals surface area (Å²) in [7, 11) is 0. The lowest BCUT2D eigenvalue weighted by Crippen LogP contribution is -2.27. The minimum atomic E-state index is -1.07. The summed E-state index contributed by atoms with van der Waals surface area (Å²) >= 11 is 0. The molecule has 0 bridgehead atoms. The summed E-state index contributed by atoms with van der Waals surface area (Å²) in [5.41, 5.74) is 0.883. The number of rotatable bonds is 1. The number of hydrogen-bond acceptors (Lipinski definition) is 4. The molecule has 4 heteroatoms. The summed E-state index contributed by atoms with van der Waals surface area (Å²) in [4.78, 5) is 11.1. The molecule has 0 aliphatic carbocycles. The van der Waals surface area contributed by atoms with Crippen molar-refractivity contribution in [1.82, 2.24) is 0 Å². The Bertz CT molecular complexity index is 468. The van der Waals surface area contributed by atoms with Crippen LogP contribution in [-0.2, 0) is 14.3 Å². The van der Waals surface area contributed by atoms with Gasteiger partial charge in [-0.25, -0.2) is 4.79 Å². The molecule has 0 unspecified atom stereocenters. The van der Waals surface area contributed by atoms with Gasteiger partial charge < -0.3 is 14.6 Å². The van der Waals surface area contributed by atoms with Crippen LogP contribution < -0.4 is 0 Å². The Balaban J connectivity index is 1.86. The smallest absolute Gasteiger partial charge is 0.333 e. The Morgan fingerprint density at radius 2 is 2.06 bits per heavy atom. The Morgan fingerprint density at radius 3 is 2.71 bits per heavy atom. The monoisotopic (exact) mass is 232 g/mol. The largest absolute Gasteiger partial charge is 0.426 e. The van der Waals surface area contributed by atoms with E-state index in [0.717, 1.165) is 5.56 Å². The topological polar surface area (TPSA) is 55.8 Å². The first-order valence-corrected chi connectivity index (χ1v) is 5.52. The molecule has 0 saturated carbocycles. The Morgan fingerprint density at radius 1 is 1.29 bits per heavy atom. The highest BCUT2D eigenvalue weighted by Gasteiger charge is 2.49. The summed E-state index contributed by atoms with van der Waals surface area (Å²) in [6, 6.07) is 9.43. The van der Waals surface area contributed by atoms with E-state index < -0.39 is 24.0 Å².